The number of aryl methyl sites for hydroxylation is 2. The van der Waals surface area contributed by atoms with Gasteiger partial charge in [0.25, 0.3) is 5.91 Å². The predicted molar refractivity (Wildman–Crippen MR) is 183 cm³/mol. The Bertz CT molecular complexity index is 2410. The second kappa shape index (κ2) is 12.1. The molecule has 2 saturated heterocycles. The largest absolute Gasteiger partial charge is 0.506 e. The summed E-state index contributed by atoms with van der Waals surface area (Å²) in [7, 11) is -2.54. The van der Waals surface area contributed by atoms with Crippen LogP contribution >= 0.6 is 0 Å². The molecule has 1 unspecified atom stereocenters. The van der Waals surface area contributed by atoms with Crippen molar-refractivity contribution in [1.29, 1.82) is 0 Å². The zero-order valence-corrected chi connectivity index (χ0v) is 27.5. The van der Waals surface area contributed by atoms with Crippen molar-refractivity contribution >= 4 is 78.3 Å². The van der Waals surface area contributed by atoms with Gasteiger partial charge in [0.05, 0.1) is 23.5 Å². The van der Waals surface area contributed by atoms with Crippen molar-refractivity contribution in [2.75, 3.05) is 21.5 Å². The molecule has 1 aromatic heterocycles. The van der Waals surface area contributed by atoms with Gasteiger partial charge < -0.3 is 15.7 Å². The number of nitrogens with zero attached hydrogens (tertiary/aromatic N) is 3. The highest BCUT2D eigenvalue weighted by atomic mass is 32.2. The molecule has 1 atom stereocenters. The van der Waals surface area contributed by atoms with E-state index in [0.717, 1.165) is 33.4 Å². The van der Waals surface area contributed by atoms with E-state index in [9.17, 15) is 32.7 Å². The molecule has 5 N–H and O–H groups in total. The first-order chi connectivity index (χ1) is 23.8. The molecule has 2 aliphatic rings. The van der Waals surface area contributed by atoms with Crippen LogP contribution in [0.15, 0.2) is 60.7 Å². The van der Waals surface area contributed by atoms with Crippen molar-refractivity contribution in [3.05, 3.63) is 83.3 Å². The monoisotopic (exact) mass is 699 g/mol. The number of phenols is 1. The van der Waals surface area contributed by atoms with E-state index in [2.05, 4.69) is 21.0 Å². The summed E-state index contributed by atoms with van der Waals surface area (Å²) in [6, 6.07) is 16.7. The summed E-state index contributed by atoms with van der Waals surface area (Å²) >= 11 is 0. The number of hydrogen-bond donors (Lipinski definition) is 5. The Kier molecular flexibility index (Phi) is 7.89. The van der Waals surface area contributed by atoms with Crippen molar-refractivity contribution in [3.63, 3.8) is 0 Å². The lowest BCUT2D eigenvalue weighted by atomic mass is 9.93. The molecular formula is C34H30FN7O7S. The van der Waals surface area contributed by atoms with Crippen LogP contribution in [0.1, 0.15) is 35.6 Å². The maximum absolute atomic E-state index is 15.4. The third kappa shape index (κ3) is 5.93. The van der Waals surface area contributed by atoms with Crippen LogP contribution in [0.3, 0.4) is 0 Å². The number of carbonyl (C=O) groups is 4. The van der Waals surface area contributed by atoms with Gasteiger partial charge in [0, 0.05) is 41.3 Å². The van der Waals surface area contributed by atoms with E-state index >= 15 is 4.39 Å². The molecule has 4 aromatic carbocycles. The normalized spacial score (nSPS) is 17.2. The molecule has 2 fully saturated rings. The highest BCUT2D eigenvalue weighted by Gasteiger charge is 2.38. The molecule has 7 rings (SSSR count). The molecule has 5 aromatic rings. The van der Waals surface area contributed by atoms with E-state index in [1.165, 1.54) is 24.3 Å². The Morgan fingerprint density at radius 3 is 2.50 bits per heavy atom. The zero-order valence-electron chi connectivity index (χ0n) is 26.7. The van der Waals surface area contributed by atoms with E-state index in [4.69, 9.17) is 0 Å². The van der Waals surface area contributed by atoms with Crippen LogP contribution in [0.4, 0.5) is 27.1 Å². The molecule has 50 heavy (non-hydrogen) atoms. The number of carbonyl (C=O) groups excluding carboxylic acids is 4. The average Bonchev–Trinajstić information content (AvgIpc) is 3.51. The minimum atomic E-state index is -4.34. The first-order valence-corrected chi connectivity index (χ1v) is 17.0. The van der Waals surface area contributed by atoms with Crippen LogP contribution in [0, 0.1) is 12.7 Å². The number of halogens is 1. The first-order valence-electron chi connectivity index (χ1n) is 15.5. The van der Waals surface area contributed by atoms with Gasteiger partial charge in [-0.3, -0.25) is 29.2 Å². The summed E-state index contributed by atoms with van der Waals surface area (Å²) in [6.45, 7) is 1.24. The average molecular weight is 700 g/mol. The topological polar surface area (TPSA) is 192 Å². The molecule has 16 heteroatoms. The number of imide groups is 1. The van der Waals surface area contributed by atoms with E-state index in [-0.39, 0.29) is 41.3 Å². The van der Waals surface area contributed by atoms with E-state index < -0.39 is 45.8 Å². The number of fused-ring (bicyclic) bond motifs is 2. The molecule has 4 amide bonds. The molecule has 0 radical (unpaired) electrons. The smallest absolute Gasteiger partial charge is 0.326 e. The maximum Gasteiger partial charge on any atom is 0.326 e. The summed E-state index contributed by atoms with van der Waals surface area (Å²) in [4.78, 5) is 48.7. The van der Waals surface area contributed by atoms with Gasteiger partial charge in [0.2, 0.25) is 17.7 Å². The number of piperidine rings is 1. The fraction of sp³-hybridized carbons (Fsp3) is 0.206. The SMILES string of the molecule is Cc1cc(CC(=O)Nc2ccc3c(F)c(N4CC(=O)NS4(=O)=O)c(O)cc3c2)ccc1Nc1ccc2c(C3CCC(=O)NC3=O)nn(C)c2c1. The van der Waals surface area contributed by atoms with Crippen LogP contribution < -0.4 is 25.0 Å². The summed E-state index contributed by atoms with van der Waals surface area (Å²) in [5.74, 6) is -4.02. The lowest BCUT2D eigenvalue weighted by molar-refractivity contribution is -0.134. The van der Waals surface area contributed by atoms with Gasteiger partial charge in [-0.1, -0.05) is 12.1 Å². The second-order valence-electron chi connectivity index (χ2n) is 12.3. The molecule has 0 spiro atoms. The number of hydrogen-bond acceptors (Lipinski definition) is 9. The number of aromatic hydroxyl groups is 1. The molecule has 256 valence electrons. The molecule has 14 nitrogen and oxygen atoms in total. The summed E-state index contributed by atoms with van der Waals surface area (Å²) in [5, 5.41) is 24.7. The van der Waals surface area contributed by atoms with Gasteiger partial charge in [-0.15, -0.1) is 0 Å². The first kappa shape index (κ1) is 32.5. The number of benzene rings is 4. The molecule has 0 saturated carbocycles. The van der Waals surface area contributed by atoms with Crippen molar-refractivity contribution in [3.8, 4) is 5.75 Å². The minimum Gasteiger partial charge on any atom is -0.506 e. The number of phenolic OH excluding ortho intramolecular Hbond substituents is 1. The summed E-state index contributed by atoms with van der Waals surface area (Å²) < 4.78 is 43.8. The van der Waals surface area contributed by atoms with Crippen molar-refractivity contribution in [2.24, 2.45) is 7.05 Å². The molecule has 0 aliphatic carbocycles. The quantitative estimate of drug-likeness (QED) is 0.158. The Balaban J connectivity index is 1.03. The van der Waals surface area contributed by atoms with Gasteiger partial charge in [-0.05, 0) is 78.4 Å². The number of nitrogens with one attached hydrogen (secondary N) is 4. The third-order valence-electron chi connectivity index (χ3n) is 8.77. The second-order valence-corrected chi connectivity index (χ2v) is 13.9. The highest BCUT2D eigenvalue weighted by molar-refractivity contribution is 7.92. The molecule has 3 heterocycles. The summed E-state index contributed by atoms with van der Waals surface area (Å²) in [6.07, 6.45) is 0.712. The van der Waals surface area contributed by atoms with E-state index in [1.54, 1.807) is 16.5 Å². The Morgan fingerprint density at radius 1 is 1.02 bits per heavy atom. The van der Waals surface area contributed by atoms with Gasteiger partial charge in [0.15, 0.2) is 5.82 Å². The summed E-state index contributed by atoms with van der Waals surface area (Å²) in [5.41, 5.74) is 4.38. The zero-order chi connectivity index (χ0) is 35.5. The highest BCUT2D eigenvalue weighted by Crippen LogP contribution is 2.39. The number of rotatable bonds is 7. The van der Waals surface area contributed by atoms with Crippen molar-refractivity contribution in [2.45, 2.75) is 32.1 Å². The Labute approximate surface area is 284 Å². The van der Waals surface area contributed by atoms with E-state index in [0.29, 0.717) is 22.1 Å². The van der Waals surface area contributed by atoms with Crippen LogP contribution in [0.2, 0.25) is 0 Å². The van der Waals surface area contributed by atoms with Gasteiger partial charge in [-0.25, -0.2) is 13.4 Å². The van der Waals surface area contributed by atoms with Crippen LogP contribution in [0.5, 0.6) is 5.75 Å². The van der Waals surface area contributed by atoms with Crippen LogP contribution in [-0.2, 0) is 42.9 Å². The fourth-order valence-corrected chi connectivity index (χ4v) is 7.56. The van der Waals surface area contributed by atoms with Crippen molar-refractivity contribution < 1.29 is 37.1 Å². The fourth-order valence-electron chi connectivity index (χ4n) is 6.40. The van der Waals surface area contributed by atoms with Crippen LogP contribution in [0.25, 0.3) is 21.7 Å². The Morgan fingerprint density at radius 2 is 1.78 bits per heavy atom. The number of anilines is 4. The van der Waals surface area contributed by atoms with Gasteiger partial charge in [0.1, 0.15) is 18.0 Å². The standard InChI is InChI=1S/C34H30FN7O7S/c1-17-11-18(3-9-25(17)36-21-5-7-23-26(15-21)41(2)39-32(23)24-8-10-28(44)38-34(24)47)12-29(45)37-20-4-6-22-19(13-20)14-27(43)33(31(22)35)42-16-30(46)40-50(42,48)49/h3-7,9,11,13-15,24,36,43H,8,10,12,16H2,1-2H3,(H,37,45)(H,40,46)(H,38,44,47). The number of amides is 4. The third-order valence-corrected chi connectivity index (χ3v) is 10.1. The minimum absolute atomic E-state index is 0.0126. The molecule has 2 aliphatic heterocycles. The van der Waals surface area contributed by atoms with Gasteiger partial charge >= 0.3 is 10.2 Å². The number of aromatic nitrogens is 2. The lowest BCUT2D eigenvalue weighted by Crippen LogP contribution is -2.39. The Hall–Kier alpha value is -6.03. The lowest BCUT2D eigenvalue weighted by Gasteiger charge is -2.19. The predicted octanol–water partition coefficient (Wildman–Crippen LogP) is 3.51. The maximum atomic E-state index is 15.4. The molecular weight excluding hydrogens is 669 g/mol. The van der Waals surface area contributed by atoms with Crippen LogP contribution in [-0.4, -0.2) is 53.5 Å². The van der Waals surface area contributed by atoms with Crippen molar-refractivity contribution in [1.82, 2.24) is 19.8 Å². The van der Waals surface area contributed by atoms with E-state index in [1.807, 2.05) is 43.3 Å². The molecule has 0 bridgehead atoms. The van der Waals surface area contributed by atoms with Gasteiger partial charge in [-0.2, -0.15) is 13.5 Å².